The molecule has 0 aliphatic rings. The molecule has 0 atom stereocenters. The van der Waals surface area contributed by atoms with Crippen molar-refractivity contribution >= 4 is 5.97 Å². The van der Waals surface area contributed by atoms with Crippen molar-refractivity contribution in [3.8, 4) is 0 Å². The Bertz CT molecular complexity index is 170. The van der Waals surface area contributed by atoms with E-state index < -0.39 is 24.9 Å². The first-order valence-electron chi connectivity index (χ1n) is 3.71. The molecule has 0 saturated heterocycles. The summed E-state index contributed by atoms with van der Waals surface area (Å²) in [5.41, 5.74) is 0. The fourth-order valence-corrected chi connectivity index (χ4v) is 0.516. The molecule has 0 aromatic heterocycles. The van der Waals surface area contributed by atoms with Crippen LogP contribution in [-0.2, 0) is 9.53 Å². The average molecular weight is 202 g/mol. The summed E-state index contributed by atoms with van der Waals surface area (Å²) in [6.45, 7) is 0.0933. The number of rotatable bonds is 5. The number of hydrogen-bond acceptors (Lipinski definition) is 2. The molecule has 0 bridgehead atoms. The first-order chi connectivity index (χ1) is 5.90. The van der Waals surface area contributed by atoms with E-state index in [4.69, 9.17) is 0 Å². The summed E-state index contributed by atoms with van der Waals surface area (Å²) in [5.74, 6) is -5.13. The van der Waals surface area contributed by atoms with Gasteiger partial charge in [0.15, 0.2) is 6.61 Å². The number of carbonyl (C=O) groups is 1. The maximum Gasteiger partial charge on any atom is 0.340 e. The predicted octanol–water partition coefficient (Wildman–Crippen LogP) is 2.23. The predicted molar refractivity (Wildman–Crippen MR) is 36.8 cm³/mol. The second-order valence-corrected chi connectivity index (χ2v) is 2.47. The summed E-state index contributed by atoms with van der Waals surface area (Å²) in [5, 5.41) is 0. The Kier molecular flexibility index (Phi) is 4.72. The minimum atomic E-state index is -4.25. The van der Waals surface area contributed by atoms with Crippen molar-refractivity contribution in [2.45, 2.75) is 32.1 Å². The molecule has 0 heterocycles. The van der Waals surface area contributed by atoms with Gasteiger partial charge in [0.2, 0.25) is 0 Å². The van der Waals surface area contributed by atoms with Crippen molar-refractivity contribution < 1.29 is 27.1 Å². The topological polar surface area (TPSA) is 26.3 Å². The Morgan fingerprint density at radius 1 is 1.46 bits per heavy atom. The number of carbonyl (C=O) groups excluding carboxylic acids is 1. The van der Waals surface area contributed by atoms with E-state index in [1.165, 1.54) is 0 Å². The van der Waals surface area contributed by atoms with E-state index >= 15 is 0 Å². The summed E-state index contributed by atoms with van der Waals surface area (Å²) in [7, 11) is 0. The molecular weight excluding hydrogens is 192 g/mol. The van der Waals surface area contributed by atoms with Crippen LogP contribution in [0.3, 0.4) is 0 Å². The lowest BCUT2D eigenvalue weighted by molar-refractivity contribution is -0.179. The highest BCUT2D eigenvalue weighted by molar-refractivity contribution is 5.69. The van der Waals surface area contributed by atoms with E-state index in [1.807, 2.05) is 0 Å². The molecule has 0 fully saturated rings. The van der Waals surface area contributed by atoms with Gasteiger partial charge < -0.3 is 4.74 Å². The fraction of sp³-hybridized carbons (Fsp3) is 0.857. The van der Waals surface area contributed by atoms with Gasteiger partial charge in [-0.1, -0.05) is 6.92 Å². The van der Waals surface area contributed by atoms with Gasteiger partial charge in [0, 0.05) is 6.42 Å². The molecule has 0 aliphatic heterocycles. The van der Waals surface area contributed by atoms with Crippen LogP contribution in [0.1, 0.15) is 19.8 Å². The molecule has 78 valence electrons. The van der Waals surface area contributed by atoms with E-state index in [-0.39, 0.29) is 6.42 Å². The standard InChI is InChI=1S/C7H10F4O2/c1-2-3-5(12)13-4-7(10,11)6(8)9/h6H,2-4H2,1H3. The number of alkyl halides is 4. The zero-order valence-corrected chi connectivity index (χ0v) is 7.03. The molecule has 0 unspecified atom stereocenters. The SMILES string of the molecule is CCCC(=O)OCC(F)(F)C(F)F. The molecule has 0 aromatic rings. The molecule has 0 amide bonds. The van der Waals surface area contributed by atoms with Crippen LogP contribution in [0.2, 0.25) is 0 Å². The van der Waals surface area contributed by atoms with Crippen molar-refractivity contribution in [3.05, 3.63) is 0 Å². The minimum Gasteiger partial charge on any atom is -0.459 e. The molecule has 0 saturated carbocycles. The summed E-state index contributed by atoms with van der Waals surface area (Å²) >= 11 is 0. The Hall–Kier alpha value is -0.810. The smallest absolute Gasteiger partial charge is 0.340 e. The maximum atomic E-state index is 12.1. The van der Waals surface area contributed by atoms with Gasteiger partial charge in [-0.2, -0.15) is 8.78 Å². The van der Waals surface area contributed by atoms with Crippen LogP contribution in [0.25, 0.3) is 0 Å². The molecular formula is C7H10F4O2. The van der Waals surface area contributed by atoms with Crippen LogP contribution in [0.4, 0.5) is 17.6 Å². The third-order valence-electron chi connectivity index (χ3n) is 1.20. The molecule has 0 aliphatic carbocycles. The number of halogens is 4. The van der Waals surface area contributed by atoms with Crippen LogP contribution in [0.15, 0.2) is 0 Å². The Morgan fingerprint density at radius 3 is 2.38 bits per heavy atom. The largest absolute Gasteiger partial charge is 0.459 e. The van der Waals surface area contributed by atoms with Gasteiger partial charge in [-0.3, -0.25) is 4.79 Å². The lowest BCUT2D eigenvalue weighted by Crippen LogP contribution is -2.33. The second kappa shape index (κ2) is 5.04. The molecule has 0 N–H and O–H groups in total. The van der Waals surface area contributed by atoms with E-state index in [0.717, 1.165) is 0 Å². The van der Waals surface area contributed by atoms with Gasteiger partial charge in [-0.15, -0.1) is 0 Å². The van der Waals surface area contributed by atoms with Crippen LogP contribution in [0, 0.1) is 0 Å². The highest BCUT2D eigenvalue weighted by atomic mass is 19.3. The van der Waals surface area contributed by atoms with Gasteiger partial charge in [0.1, 0.15) is 0 Å². The zero-order valence-electron chi connectivity index (χ0n) is 7.03. The van der Waals surface area contributed by atoms with Crippen LogP contribution in [0.5, 0.6) is 0 Å². The first kappa shape index (κ1) is 12.2. The van der Waals surface area contributed by atoms with Gasteiger partial charge >= 0.3 is 18.3 Å². The quantitative estimate of drug-likeness (QED) is 0.504. The second-order valence-electron chi connectivity index (χ2n) is 2.47. The first-order valence-corrected chi connectivity index (χ1v) is 3.71. The summed E-state index contributed by atoms with van der Waals surface area (Å²) in [6.07, 6.45) is -3.42. The molecule has 2 nitrogen and oxygen atoms in total. The van der Waals surface area contributed by atoms with Crippen molar-refractivity contribution in [3.63, 3.8) is 0 Å². The van der Waals surface area contributed by atoms with E-state index in [9.17, 15) is 22.4 Å². The fourth-order valence-electron chi connectivity index (χ4n) is 0.516. The number of esters is 1. The lowest BCUT2D eigenvalue weighted by Gasteiger charge is -2.14. The normalized spacial score (nSPS) is 11.8. The molecule has 13 heavy (non-hydrogen) atoms. The average Bonchev–Trinajstić information content (AvgIpc) is 2.01. The highest BCUT2D eigenvalue weighted by Crippen LogP contribution is 2.22. The molecule has 0 rings (SSSR count). The zero-order chi connectivity index (χ0) is 10.5. The summed E-state index contributed by atoms with van der Waals surface area (Å²) < 4.78 is 51.2. The minimum absolute atomic E-state index is 0.0423. The van der Waals surface area contributed by atoms with E-state index in [0.29, 0.717) is 6.42 Å². The number of hydrogen-bond donors (Lipinski definition) is 0. The molecule has 0 aromatic carbocycles. The third kappa shape index (κ3) is 4.69. The molecule has 0 spiro atoms. The highest BCUT2D eigenvalue weighted by Gasteiger charge is 2.42. The number of ether oxygens (including phenoxy) is 1. The van der Waals surface area contributed by atoms with Crippen molar-refractivity contribution in [2.24, 2.45) is 0 Å². The monoisotopic (exact) mass is 202 g/mol. The van der Waals surface area contributed by atoms with Gasteiger partial charge in [-0.25, -0.2) is 8.78 Å². The van der Waals surface area contributed by atoms with Crippen molar-refractivity contribution in [1.29, 1.82) is 0 Å². The van der Waals surface area contributed by atoms with Crippen LogP contribution >= 0.6 is 0 Å². The van der Waals surface area contributed by atoms with Crippen LogP contribution in [-0.4, -0.2) is 24.9 Å². The van der Waals surface area contributed by atoms with E-state index in [2.05, 4.69) is 4.74 Å². The lowest BCUT2D eigenvalue weighted by atomic mass is 10.3. The molecule has 6 heteroatoms. The van der Waals surface area contributed by atoms with Crippen molar-refractivity contribution in [1.82, 2.24) is 0 Å². The Balaban J connectivity index is 3.81. The Morgan fingerprint density at radius 2 is 2.00 bits per heavy atom. The molecule has 0 radical (unpaired) electrons. The summed E-state index contributed by atoms with van der Waals surface area (Å²) in [4.78, 5) is 10.5. The summed E-state index contributed by atoms with van der Waals surface area (Å²) in [6, 6.07) is 0. The van der Waals surface area contributed by atoms with Gasteiger partial charge in [0.05, 0.1) is 0 Å². The van der Waals surface area contributed by atoms with Crippen molar-refractivity contribution in [2.75, 3.05) is 6.61 Å². The third-order valence-corrected chi connectivity index (χ3v) is 1.20. The Labute approximate surface area is 72.9 Å². The van der Waals surface area contributed by atoms with Crippen LogP contribution < -0.4 is 0 Å². The maximum absolute atomic E-state index is 12.1. The van der Waals surface area contributed by atoms with Gasteiger partial charge in [-0.05, 0) is 6.42 Å². The van der Waals surface area contributed by atoms with Gasteiger partial charge in [0.25, 0.3) is 0 Å². The van der Waals surface area contributed by atoms with E-state index in [1.54, 1.807) is 6.92 Å².